The Kier molecular flexibility index (Phi) is 8.13. The molecule has 1 N–H and O–H groups in total. The third-order valence-corrected chi connectivity index (χ3v) is 7.04. The van der Waals surface area contributed by atoms with E-state index < -0.39 is 40.4 Å². The molecule has 2 aliphatic rings. The number of rotatable bonds is 8. The maximum atomic E-state index is 14.3. The summed E-state index contributed by atoms with van der Waals surface area (Å²) in [6.45, 7) is 5.29. The Bertz CT molecular complexity index is 1360. The number of carbonyl (C=O) groups is 3. The molecular weight excluding hydrogens is 504 g/mol. The number of non-ortho nitro benzene ring substituents is 1. The van der Waals surface area contributed by atoms with Crippen LogP contribution in [0.4, 0.5) is 5.69 Å². The molecule has 4 rings (SSSR count). The normalized spacial score (nSPS) is 20.6. The predicted molar refractivity (Wildman–Crippen MR) is 141 cm³/mol. The Morgan fingerprint density at radius 3 is 2.18 bits per heavy atom. The number of methoxy groups -OCH3 is 1. The van der Waals surface area contributed by atoms with Gasteiger partial charge in [0, 0.05) is 40.9 Å². The molecule has 39 heavy (non-hydrogen) atoms. The van der Waals surface area contributed by atoms with E-state index in [4.69, 9.17) is 14.2 Å². The van der Waals surface area contributed by atoms with Gasteiger partial charge in [-0.15, -0.1) is 0 Å². The van der Waals surface area contributed by atoms with E-state index in [0.717, 1.165) is 5.56 Å². The Hall–Kier alpha value is -4.47. The van der Waals surface area contributed by atoms with E-state index >= 15 is 0 Å². The molecule has 2 aromatic rings. The number of nitrogens with zero attached hydrogens (tertiary/aromatic N) is 1. The average Bonchev–Trinajstić information content (AvgIpc) is 2.92. The van der Waals surface area contributed by atoms with Crippen molar-refractivity contribution < 1.29 is 33.5 Å². The monoisotopic (exact) mass is 534 g/mol. The quantitative estimate of drug-likeness (QED) is 0.227. The molecule has 1 heterocycles. The van der Waals surface area contributed by atoms with Gasteiger partial charge in [-0.05, 0) is 50.5 Å². The van der Waals surface area contributed by atoms with Crippen LogP contribution in [-0.2, 0) is 23.9 Å². The Morgan fingerprint density at radius 1 is 1.00 bits per heavy atom. The summed E-state index contributed by atoms with van der Waals surface area (Å²) in [4.78, 5) is 51.4. The summed E-state index contributed by atoms with van der Waals surface area (Å²) in [6.07, 6.45) is 0.299. The van der Waals surface area contributed by atoms with Crippen LogP contribution < -0.4 is 10.1 Å². The number of benzene rings is 2. The zero-order valence-corrected chi connectivity index (χ0v) is 22.2. The summed E-state index contributed by atoms with van der Waals surface area (Å²) in [6, 6.07) is 12.9. The molecule has 3 atom stereocenters. The van der Waals surface area contributed by atoms with Crippen molar-refractivity contribution in [1.82, 2.24) is 5.32 Å². The van der Waals surface area contributed by atoms with E-state index in [1.807, 2.05) is 12.1 Å². The minimum absolute atomic E-state index is 0.0982. The van der Waals surface area contributed by atoms with Crippen LogP contribution in [0.5, 0.6) is 5.75 Å². The Balaban J connectivity index is 1.88. The molecule has 1 aliphatic carbocycles. The summed E-state index contributed by atoms with van der Waals surface area (Å²) in [5.41, 5.74) is 2.68. The minimum Gasteiger partial charge on any atom is -0.497 e. The van der Waals surface area contributed by atoms with Crippen molar-refractivity contribution in [3.05, 3.63) is 92.3 Å². The number of esters is 2. The van der Waals surface area contributed by atoms with Gasteiger partial charge in [0.15, 0.2) is 5.78 Å². The fourth-order valence-electron chi connectivity index (χ4n) is 5.30. The third-order valence-electron chi connectivity index (χ3n) is 7.04. The van der Waals surface area contributed by atoms with Crippen LogP contribution in [0.2, 0.25) is 0 Å². The van der Waals surface area contributed by atoms with E-state index in [1.165, 1.54) is 24.3 Å². The first-order valence-corrected chi connectivity index (χ1v) is 12.7. The van der Waals surface area contributed by atoms with Crippen LogP contribution in [0.15, 0.2) is 71.1 Å². The number of ketones is 1. The number of nitrogens with one attached hydrogen (secondary N) is 1. The molecule has 0 amide bonds. The molecule has 0 fully saturated rings. The first kappa shape index (κ1) is 27.6. The van der Waals surface area contributed by atoms with Gasteiger partial charge in [-0.1, -0.05) is 24.3 Å². The van der Waals surface area contributed by atoms with Gasteiger partial charge in [-0.3, -0.25) is 19.7 Å². The largest absolute Gasteiger partial charge is 0.497 e. The smallest absolute Gasteiger partial charge is 0.336 e. The summed E-state index contributed by atoms with van der Waals surface area (Å²) >= 11 is 0. The second-order valence-electron chi connectivity index (χ2n) is 9.24. The van der Waals surface area contributed by atoms with E-state index in [1.54, 1.807) is 40.0 Å². The maximum absolute atomic E-state index is 14.3. The number of ether oxygens (including phenoxy) is 3. The molecule has 0 saturated heterocycles. The molecule has 0 bridgehead atoms. The molecule has 10 nitrogen and oxygen atoms in total. The molecule has 0 spiro atoms. The topological polar surface area (TPSA) is 134 Å². The third kappa shape index (κ3) is 5.27. The molecule has 2 aromatic carbocycles. The fourth-order valence-corrected chi connectivity index (χ4v) is 5.30. The van der Waals surface area contributed by atoms with Crippen molar-refractivity contribution >= 4 is 23.4 Å². The number of hydrogen-bond donors (Lipinski definition) is 1. The maximum Gasteiger partial charge on any atom is 0.336 e. The Labute approximate surface area is 225 Å². The zero-order valence-electron chi connectivity index (χ0n) is 22.2. The lowest BCUT2D eigenvalue weighted by molar-refractivity contribution is -0.384. The number of hydrogen-bond acceptors (Lipinski definition) is 9. The Morgan fingerprint density at radius 2 is 1.62 bits per heavy atom. The van der Waals surface area contributed by atoms with Crippen LogP contribution in [0, 0.1) is 16.0 Å². The molecule has 0 aromatic heterocycles. The van der Waals surface area contributed by atoms with Gasteiger partial charge in [-0.25, -0.2) is 4.79 Å². The van der Waals surface area contributed by atoms with Crippen LogP contribution >= 0.6 is 0 Å². The summed E-state index contributed by atoms with van der Waals surface area (Å²) in [5, 5.41) is 14.5. The SMILES string of the molecule is CCOC(=O)C1=C(C)NC2=C(C(=O)[C@H](C(=O)OCC)[C@@H](c3ccc(OC)cc3)C2)[C@H]1c1ccc([N+](=O)[O-])cc1. The lowest BCUT2D eigenvalue weighted by Gasteiger charge is -2.39. The number of allylic oxidation sites excluding steroid dienone is 3. The standard InChI is InChI=1S/C29H30N2O8/c1-5-38-28(33)23-16(3)30-22-15-21(17-9-13-20(37-4)14-10-17)25(29(34)39-6-2)27(32)26(22)24(23)18-7-11-19(12-8-18)31(35)36/h7-14,21,24-25,30H,5-6,15H2,1-4H3/t21-,24+,25-/m1/s1. The second-order valence-corrected chi connectivity index (χ2v) is 9.24. The lowest BCUT2D eigenvalue weighted by Crippen LogP contribution is -2.43. The predicted octanol–water partition coefficient (Wildman–Crippen LogP) is 4.32. The van der Waals surface area contributed by atoms with E-state index in [2.05, 4.69) is 5.32 Å². The average molecular weight is 535 g/mol. The first-order chi connectivity index (χ1) is 18.7. The van der Waals surface area contributed by atoms with Crippen LogP contribution in [-0.4, -0.2) is 43.0 Å². The van der Waals surface area contributed by atoms with Crippen molar-refractivity contribution in [2.75, 3.05) is 20.3 Å². The molecule has 10 heteroatoms. The molecule has 0 unspecified atom stereocenters. The minimum atomic E-state index is -1.15. The molecule has 1 aliphatic heterocycles. The summed E-state index contributed by atoms with van der Waals surface area (Å²) < 4.78 is 15.9. The van der Waals surface area contributed by atoms with Crippen LogP contribution in [0.25, 0.3) is 0 Å². The lowest BCUT2D eigenvalue weighted by atomic mass is 9.67. The van der Waals surface area contributed by atoms with E-state index in [-0.39, 0.29) is 30.0 Å². The highest BCUT2D eigenvalue weighted by Gasteiger charge is 2.49. The summed E-state index contributed by atoms with van der Waals surface area (Å²) in [5.74, 6) is -3.66. The van der Waals surface area contributed by atoms with Crippen LogP contribution in [0.3, 0.4) is 0 Å². The highest BCUT2D eigenvalue weighted by molar-refractivity contribution is 6.13. The first-order valence-electron chi connectivity index (χ1n) is 12.7. The van der Waals surface area contributed by atoms with E-state index in [9.17, 15) is 24.5 Å². The van der Waals surface area contributed by atoms with Gasteiger partial charge in [0.05, 0.1) is 30.8 Å². The highest BCUT2D eigenvalue weighted by atomic mass is 16.6. The molecule has 204 valence electrons. The second kappa shape index (κ2) is 11.5. The number of nitro groups is 1. The van der Waals surface area contributed by atoms with E-state index in [0.29, 0.717) is 29.1 Å². The van der Waals surface area contributed by atoms with Crippen molar-refractivity contribution in [3.8, 4) is 5.75 Å². The van der Waals surface area contributed by atoms with Crippen molar-refractivity contribution in [1.29, 1.82) is 0 Å². The number of Topliss-reactive ketones (excluding diaryl/α,β-unsaturated/α-hetero) is 1. The van der Waals surface area contributed by atoms with Gasteiger partial charge >= 0.3 is 11.9 Å². The van der Waals surface area contributed by atoms with Gasteiger partial charge in [0.25, 0.3) is 5.69 Å². The van der Waals surface area contributed by atoms with Crippen molar-refractivity contribution in [3.63, 3.8) is 0 Å². The number of carbonyl (C=O) groups excluding carboxylic acids is 3. The zero-order chi connectivity index (χ0) is 28.3. The summed E-state index contributed by atoms with van der Waals surface area (Å²) in [7, 11) is 1.55. The van der Waals surface area contributed by atoms with Gasteiger partial charge in [0.2, 0.25) is 0 Å². The number of dihydropyridines is 1. The van der Waals surface area contributed by atoms with Gasteiger partial charge in [-0.2, -0.15) is 0 Å². The fraction of sp³-hybridized carbons (Fsp3) is 0.345. The van der Waals surface area contributed by atoms with Crippen molar-refractivity contribution in [2.45, 2.75) is 39.0 Å². The molecule has 0 saturated carbocycles. The molecule has 0 radical (unpaired) electrons. The van der Waals surface area contributed by atoms with Gasteiger partial charge in [0.1, 0.15) is 11.7 Å². The van der Waals surface area contributed by atoms with Crippen molar-refractivity contribution in [2.24, 2.45) is 5.92 Å². The van der Waals surface area contributed by atoms with Crippen LogP contribution in [0.1, 0.15) is 50.2 Å². The highest BCUT2D eigenvalue weighted by Crippen LogP contribution is 2.48. The number of nitro benzene ring substituents is 1. The molecular formula is C29H30N2O8. The van der Waals surface area contributed by atoms with Gasteiger partial charge < -0.3 is 19.5 Å².